The molecule has 110 valence electrons. The number of amides is 1. The lowest BCUT2D eigenvalue weighted by Gasteiger charge is -2.36. The Kier molecular flexibility index (Phi) is 4.95. The van der Waals surface area contributed by atoms with Gasteiger partial charge in [0.15, 0.2) is 11.5 Å². The second-order valence-corrected chi connectivity index (χ2v) is 4.78. The van der Waals surface area contributed by atoms with Crippen LogP contribution in [0, 0.1) is 0 Å². The maximum absolute atomic E-state index is 11.6. The van der Waals surface area contributed by atoms with Crippen LogP contribution < -0.4 is 14.4 Å². The highest BCUT2D eigenvalue weighted by Crippen LogP contribution is 2.37. The van der Waals surface area contributed by atoms with E-state index in [9.17, 15) is 4.79 Å². The van der Waals surface area contributed by atoms with E-state index in [2.05, 4.69) is 4.90 Å². The van der Waals surface area contributed by atoms with E-state index in [1.165, 1.54) is 0 Å². The fourth-order valence-electron chi connectivity index (χ4n) is 2.40. The third-order valence-corrected chi connectivity index (χ3v) is 3.70. The SMILES string of the molecule is COc1cccc(N2CCN(C(=O)CCl)CC2)c1OC. The molecule has 5 nitrogen and oxygen atoms in total. The van der Waals surface area contributed by atoms with Gasteiger partial charge in [0.2, 0.25) is 5.91 Å². The summed E-state index contributed by atoms with van der Waals surface area (Å²) in [6.45, 7) is 2.86. The minimum atomic E-state index is -0.0103. The topological polar surface area (TPSA) is 42.0 Å². The van der Waals surface area contributed by atoms with Crippen LogP contribution in [0.25, 0.3) is 0 Å². The number of ether oxygens (including phenoxy) is 2. The van der Waals surface area contributed by atoms with Crippen molar-refractivity contribution in [1.82, 2.24) is 4.90 Å². The number of benzene rings is 1. The first kappa shape index (κ1) is 14.8. The Hall–Kier alpha value is -1.62. The minimum absolute atomic E-state index is 0.0103. The van der Waals surface area contributed by atoms with E-state index >= 15 is 0 Å². The molecule has 1 amide bonds. The van der Waals surface area contributed by atoms with Crippen molar-refractivity contribution in [2.45, 2.75) is 0 Å². The second kappa shape index (κ2) is 6.70. The highest BCUT2D eigenvalue weighted by atomic mass is 35.5. The van der Waals surface area contributed by atoms with Crippen molar-refractivity contribution < 1.29 is 14.3 Å². The first-order chi connectivity index (χ1) is 9.71. The summed E-state index contributed by atoms with van der Waals surface area (Å²) in [6, 6.07) is 5.81. The minimum Gasteiger partial charge on any atom is -0.493 e. The number of hydrogen-bond acceptors (Lipinski definition) is 4. The van der Waals surface area contributed by atoms with Crippen LogP contribution >= 0.6 is 11.6 Å². The summed E-state index contributed by atoms with van der Waals surface area (Å²) in [6.07, 6.45) is 0. The molecular weight excluding hydrogens is 280 g/mol. The predicted octanol–water partition coefficient (Wildman–Crippen LogP) is 1.59. The third-order valence-electron chi connectivity index (χ3n) is 3.47. The molecule has 1 saturated heterocycles. The summed E-state index contributed by atoms with van der Waals surface area (Å²) in [5.74, 6) is 1.47. The highest BCUT2D eigenvalue weighted by Gasteiger charge is 2.23. The van der Waals surface area contributed by atoms with Gasteiger partial charge in [0.25, 0.3) is 0 Å². The summed E-state index contributed by atoms with van der Waals surface area (Å²) in [5.41, 5.74) is 0.991. The fraction of sp³-hybridized carbons (Fsp3) is 0.500. The second-order valence-electron chi connectivity index (χ2n) is 4.51. The number of nitrogens with zero attached hydrogens (tertiary/aromatic N) is 2. The van der Waals surface area contributed by atoms with E-state index in [-0.39, 0.29) is 11.8 Å². The third kappa shape index (κ3) is 2.93. The van der Waals surface area contributed by atoms with Gasteiger partial charge in [0, 0.05) is 26.2 Å². The van der Waals surface area contributed by atoms with E-state index in [1.807, 2.05) is 18.2 Å². The molecule has 0 N–H and O–H groups in total. The van der Waals surface area contributed by atoms with Crippen LogP contribution in [0.5, 0.6) is 11.5 Å². The van der Waals surface area contributed by atoms with Gasteiger partial charge in [0.1, 0.15) is 5.88 Å². The van der Waals surface area contributed by atoms with Gasteiger partial charge in [0.05, 0.1) is 19.9 Å². The van der Waals surface area contributed by atoms with Crippen molar-refractivity contribution in [2.24, 2.45) is 0 Å². The van der Waals surface area contributed by atoms with Crippen molar-refractivity contribution >= 4 is 23.2 Å². The molecule has 6 heteroatoms. The quantitative estimate of drug-likeness (QED) is 0.792. The van der Waals surface area contributed by atoms with Crippen molar-refractivity contribution in [3.63, 3.8) is 0 Å². The molecular formula is C14H19ClN2O3. The van der Waals surface area contributed by atoms with Crippen LogP contribution in [0.1, 0.15) is 0 Å². The molecule has 1 aliphatic rings. The number of anilines is 1. The Morgan fingerprint density at radius 1 is 1.20 bits per heavy atom. The predicted molar refractivity (Wildman–Crippen MR) is 79.1 cm³/mol. The highest BCUT2D eigenvalue weighted by molar-refractivity contribution is 6.27. The first-order valence-corrected chi connectivity index (χ1v) is 7.04. The summed E-state index contributed by atoms with van der Waals surface area (Å²) in [5, 5.41) is 0. The molecule has 1 fully saturated rings. The zero-order valence-corrected chi connectivity index (χ0v) is 12.5. The van der Waals surface area contributed by atoms with Crippen LogP contribution in [-0.4, -0.2) is 57.1 Å². The van der Waals surface area contributed by atoms with Gasteiger partial charge >= 0.3 is 0 Å². The number of para-hydroxylation sites is 1. The Morgan fingerprint density at radius 3 is 2.45 bits per heavy atom. The monoisotopic (exact) mass is 298 g/mol. The number of halogens is 1. The van der Waals surface area contributed by atoms with Crippen molar-refractivity contribution in [3.05, 3.63) is 18.2 Å². The normalized spacial score (nSPS) is 15.2. The zero-order chi connectivity index (χ0) is 14.5. The Bertz CT molecular complexity index is 473. The molecule has 2 rings (SSSR count). The molecule has 1 aromatic rings. The van der Waals surface area contributed by atoms with Crippen LogP contribution in [0.2, 0.25) is 0 Å². The molecule has 0 bridgehead atoms. The number of carbonyl (C=O) groups is 1. The zero-order valence-electron chi connectivity index (χ0n) is 11.8. The standard InChI is InChI=1S/C14H19ClN2O3/c1-19-12-5-3-4-11(14(12)20-2)16-6-8-17(9-7-16)13(18)10-15/h3-5H,6-10H2,1-2H3. The van der Waals surface area contributed by atoms with Gasteiger partial charge < -0.3 is 19.3 Å². The molecule has 1 aromatic carbocycles. The first-order valence-electron chi connectivity index (χ1n) is 6.51. The number of piperazine rings is 1. The number of carbonyl (C=O) groups excluding carboxylic acids is 1. The molecule has 0 saturated carbocycles. The van der Waals surface area contributed by atoms with E-state index in [0.717, 1.165) is 24.5 Å². The Labute approximate surface area is 124 Å². The number of hydrogen-bond donors (Lipinski definition) is 0. The fourth-order valence-corrected chi connectivity index (χ4v) is 2.57. The van der Waals surface area contributed by atoms with E-state index in [4.69, 9.17) is 21.1 Å². The molecule has 0 atom stereocenters. The molecule has 0 aromatic heterocycles. The molecule has 0 unspecified atom stereocenters. The van der Waals surface area contributed by atoms with Gasteiger partial charge in [-0.2, -0.15) is 0 Å². The van der Waals surface area contributed by atoms with Gasteiger partial charge in [-0.25, -0.2) is 0 Å². The summed E-state index contributed by atoms with van der Waals surface area (Å²) < 4.78 is 10.8. The van der Waals surface area contributed by atoms with Gasteiger partial charge in [-0.05, 0) is 12.1 Å². The van der Waals surface area contributed by atoms with Crippen molar-refractivity contribution in [3.8, 4) is 11.5 Å². The van der Waals surface area contributed by atoms with Crippen molar-refractivity contribution in [2.75, 3.05) is 51.2 Å². The number of methoxy groups -OCH3 is 2. The number of rotatable bonds is 4. The van der Waals surface area contributed by atoms with E-state index in [0.29, 0.717) is 18.8 Å². The largest absolute Gasteiger partial charge is 0.493 e. The van der Waals surface area contributed by atoms with Gasteiger partial charge in [-0.3, -0.25) is 4.79 Å². The smallest absolute Gasteiger partial charge is 0.237 e. The van der Waals surface area contributed by atoms with E-state index in [1.54, 1.807) is 19.1 Å². The lowest BCUT2D eigenvalue weighted by atomic mass is 10.2. The molecule has 20 heavy (non-hydrogen) atoms. The average molecular weight is 299 g/mol. The Morgan fingerprint density at radius 2 is 1.90 bits per heavy atom. The molecule has 0 radical (unpaired) electrons. The maximum Gasteiger partial charge on any atom is 0.237 e. The molecule has 0 spiro atoms. The van der Waals surface area contributed by atoms with Crippen LogP contribution in [0.3, 0.4) is 0 Å². The average Bonchev–Trinajstić information content (AvgIpc) is 2.53. The summed E-state index contributed by atoms with van der Waals surface area (Å²) in [4.78, 5) is 15.5. The lowest BCUT2D eigenvalue weighted by molar-refractivity contribution is -0.128. The molecule has 1 heterocycles. The maximum atomic E-state index is 11.6. The number of alkyl halides is 1. The van der Waals surface area contributed by atoms with Crippen LogP contribution in [0.15, 0.2) is 18.2 Å². The van der Waals surface area contributed by atoms with Gasteiger partial charge in [-0.1, -0.05) is 6.07 Å². The van der Waals surface area contributed by atoms with Crippen LogP contribution in [-0.2, 0) is 4.79 Å². The van der Waals surface area contributed by atoms with Crippen LogP contribution in [0.4, 0.5) is 5.69 Å². The molecule has 1 aliphatic heterocycles. The summed E-state index contributed by atoms with van der Waals surface area (Å²) >= 11 is 5.58. The molecule has 0 aliphatic carbocycles. The van der Waals surface area contributed by atoms with Gasteiger partial charge in [-0.15, -0.1) is 11.6 Å². The Balaban J connectivity index is 2.12. The summed E-state index contributed by atoms with van der Waals surface area (Å²) in [7, 11) is 3.26. The van der Waals surface area contributed by atoms with Crippen molar-refractivity contribution in [1.29, 1.82) is 0 Å². The lowest BCUT2D eigenvalue weighted by Crippen LogP contribution is -2.49. The van der Waals surface area contributed by atoms with E-state index < -0.39 is 0 Å².